The number of rotatable bonds is 8. The molecule has 0 radical (unpaired) electrons. The number of hydrogen-bond donors (Lipinski definition) is 0. The summed E-state index contributed by atoms with van der Waals surface area (Å²) in [5.41, 5.74) is 4.60. The van der Waals surface area contributed by atoms with Gasteiger partial charge in [-0.15, -0.1) is 0 Å². The molecule has 48 heavy (non-hydrogen) atoms. The molecule has 7 rings (SSSR count). The van der Waals surface area contributed by atoms with Crippen molar-refractivity contribution in [2.75, 3.05) is 13.7 Å². The molecule has 2 aliphatic heterocycles. The van der Waals surface area contributed by atoms with Gasteiger partial charge >= 0.3 is 11.9 Å². The molecule has 2 fully saturated rings. The molecule has 0 aliphatic carbocycles. The van der Waals surface area contributed by atoms with Gasteiger partial charge in [0.1, 0.15) is 12.2 Å². The van der Waals surface area contributed by atoms with Crippen molar-refractivity contribution in [3.8, 4) is 22.3 Å². The fourth-order valence-corrected chi connectivity index (χ4v) is 6.21. The number of benzene rings is 5. The van der Waals surface area contributed by atoms with Gasteiger partial charge in [0.2, 0.25) is 0 Å². The largest absolute Gasteiger partial charge is 0.452 e. The maximum atomic E-state index is 14.1. The summed E-state index contributed by atoms with van der Waals surface area (Å²) in [5.74, 6) is -1.23. The summed E-state index contributed by atoms with van der Waals surface area (Å²) in [6.07, 6.45) is -5.68. The molecule has 8 nitrogen and oxygen atoms in total. The summed E-state index contributed by atoms with van der Waals surface area (Å²) >= 11 is 0. The van der Waals surface area contributed by atoms with Gasteiger partial charge in [-0.25, -0.2) is 9.59 Å². The van der Waals surface area contributed by atoms with Crippen molar-refractivity contribution in [2.45, 2.75) is 37.0 Å². The van der Waals surface area contributed by atoms with Crippen LogP contribution in [0.25, 0.3) is 22.3 Å². The molecule has 8 heteroatoms. The monoisotopic (exact) mass is 642 g/mol. The van der Waals surface area contributed by atoms with Gasteiger partial charge in [0.25, 0.3) is 0 Å². The van der Waals surface area contributed by atoms with E-state index in [0.717, 1.165) is 16.7 Å². The number of carbonyl (C=O) groups is 2. The van der Waals surface area contributed by atoms with Gasteiger partial charge in [-0.2, -0.15) is 0 Å². The molecule has 0 aromatic heterocycles. The highest BCUT2D eigenvalue weighted by molar-refractivity contribution is 5.98. The zero-order valence-corrected chi connectivity index (χ0v) is 26.2. The van der Waals surface area contributed by atoms with Crippen LogP contribution >= 0.6 is 0 Å². The van der Waals surface area contributed by atoms with Gasteiger partial charge in [0, 0.05) is 12.7 Å². The smallest absolute Gasteiger partial charge is 0.339 e. The van der Waals surface area contributed by atoms with Gasteiger partial charge in [0.05, 0.1) is 17.7 Å². The first kappa shape index (κ1) is 31.5. The SMILES string of the molecule is CO[C@H]1O[C@@H]2CO[C@@H](c3ccccc3)O[C@H]2[C@H](OC(=O)c2ccccc2-c2ccccc2)[C@H]1OC(=O)c1ccccc1-c1ccccc1. The van der Waals surface area contributed by atoms with Gasteiger partial charge < -0.3 is 28.4 Å². The van der Waals surface area contributed by atoms with E-state index in [1.165, 1.54) is 7.11 Å². The first-order valence-electron chi connectivity index (χ1n) is 15.8. The Balaban J connectivity index is 1.25. The minimum Gasteiger partial charge on any atom is -0.452 e. The van der Waals surface area contributed by atoms with Crippen LogP contribution in [-0.2, 0) is 28.4 Å². The highest BCUT2D eigenvalue weighted by Gasteiger charge is 2.54. The quantitative estimate of drug-likeness (QED) is 0.164. The highest BCUT2D eigenvalue weighted by Crippen LogP contribution is 2.38. The molecule has 242 valence electrons. The molecule has 0 saturated carbocycles. The molecule has 6 atom stereocenters. The number of esters is 2. The van der Waals surface area contributed by atoms with Crippen molar-refractivity contribution in [1.29, 1.82) is 0 Å². The van der Waals surface area contributed by atoms with Crippen LogP contribution in [0.3, 0.4) is 0 Å². The highest BCUT2D eigenvalue weighted by atomic mass is 16.8. The molecule has 2 heterocycles. The molecular weight excluding hydrogens is 608 g/mol. The Kier molecular flexibility index (Phi) is 9.40. The van der Waals surface area contributed by atoms with Crippen molar-refractivity contribution in [1.82, 2.24) is 0 Å². The van der Waals surface area contributed by atoms with Crippen molar-refractivity contribution in [3.05, 3.63) is 156 Å². The van der Waals surface area contributed by atoms with Crippen LogP contribution in [0, 0.1) is 0 Å². The average molecular weight is 643 g/mol. The van der Waals surface area contributed by atoms with E-state index in [1.807, 2.05) is 115 Å². The van der Waals surface area contributed by atoms with Gasteiger partial charge in [-0.3, -0.25) is 0 Å². The van der Waals surface area contributed by atoms with Crippen LogP contribution in [0.2, 0.25) is 0 Å². The molecule has 0 bridgehead atoms. The normalized spacial score (nSPS) is 23.4. The number of carbonyl (C=O) groups excluding carboxylic acids is 2. The zero-order valence-electron chi connectivity index (χ0n) is 26.2. The molecule has 2 aliphatic rings. The van der Waals surface area contributed by atoms with Crippen LogP contribution in [0.15, 0.2) is 140 Å². The molecule has 2 saturated heterocycles. The lowest BCUT2D eigenvalue weighted by Gasteiger charge is -2.47. The van der Waals surface area contributed by atoms with Crippen LogP contribution in [0.1, 0.15) is 32.6 Å². The molecule has 0 spiro atoms. The Bertz CT molecular complexity index is 1850. The van der Waals surface area contributed by atoms with Crippen LogP contribution in [-0.4, -0.2) is 56.4 Å². The summed E-state index contributed by atoms with van der Waals surface area (Å²) in [6.45, 7) is 0.135. The van der Waals surface area contributed by atoms with Gasteiger partial charge in [-0.1, -0.05) is 127 Å². The van der Waals surface area contributed by atoms with E-state index in [0.29, 0.717) is 22.3 Å². The third-order valence-electron chi connectivity index (χ3n) is 8.54. The van der Waals surface area contributed by atoms with Crippen molar-refractivity contribution < 1.29 is 38.0 Å². The van der Waals surface area contributed by atoms with Crippen molar-refractivity contribution in [3.63, 3.8) is 0 Å². The Morgan fingerprint density at radius 1 is 0.583 bits per heavy atom. The van der Waals surface area contributed by atoms with E-state index in [2.05, 4.69) is 0 Å². The Labute approximate surface area is 278 Å². The number of ether oxygens (including phenoxy) is 6. The molecule has 5 aromatic rings. The summed E-state index contributed by atoms with van der Waals surface area (Å²) in [4.78, 5) is 28.2. The first-order valence-corrected chi connectivity index (χ1v) is 15.8. The standard InChI is InChI=1S/C40H34O8/c1-43-40-36(47-38(42)32-24-14-12-22-30(32)27-17-7-3-8-18-27)35(34-33(45-40)25-44-39(48-34)28-19-9-4-10-20-28)46-37(41)31-23-13-11-21-29(31)26-15-5-2-6-16-26/h2-24,33-36,39-40H,25H2,1H3/t33-,34-,35+,36-,39-,40+/m1/s1. The zero-order chi connectivity index (χ0) is 32.9. The number of hydrogen-bond acceptors (Lipinski definition) is 8. The van der Waals surface area contributed by atoms with Crippen molar-refractivity contribution in [2.24, 2.45) is 0 Å². The van der Waals surface area contributed by atoms with Crippen LogP contribution in [0.5, 0.6) is 0 Å². The van der Waals surface area contributed by atoms with Crippen LogP contribution in [0.4, 0.5) is 0 Å². The topological polar surface area (TPSA) is 89.5 Å². The van der Waals surface area contributed by atoms with E-state index >= 15 is 0 Å². The summed E-state index contributed by atoms with van der Waals surface area (Å²) in [7, 11) is 1.45. The Morgan fingerprint density at radius 2 is 1.06 bits per heavy atom. The first-order chi connectivity index (χ1) is 23.6. The average Bonchev–Trinajstić information content (AvgIpc) is 3.16. The fraction of sp³-hybridized carbons (Fsp3) is 0.200. The van der Waals surface area contributed by atoms with Gasteiger partial charge in [-0.05, 0) is 34.4 Å². The summed E-state index contributed by atoms with van der Waals surface area (Å²) in [5, 5.41) is 0. The maximum absolute atomic E-state index is 14.1. The second-order valence-electron chi connectivity index (χ2n) is 11.5. The minimum absolute atomic E-state index is 0.135. The van der Waals surface area contributed by atoms with Crippen LogP contribution < -0.4 is 0 Å². The van der Waals surface area contributed by atoms with E-state index in [9.17, 15) is 9.59 Å². The molecule has 0 unspecified atom stereocenters. The van der Waals surface area contributed by atoms with E-state index in [-0.39, 0.29) is 6.61 Å². The van der Waals surface area contributed by atoms with E-state index in [4.69, 9.17) is 28.4 Å². The van der Waals surface area contributed by atoms with E-state index in [1.54, 1.807) is 24.3 Å². The molecule has 5 aromatic carbocycles. The summed E-state index contributed by atoms with van der Waals surface area (Å²) in [6, 6.07) is 43.0. The third kappa shape index (κ3) is 6.52. The lowest BCUT2D eigenvalue weighted by molar-refractivity contribution is -0.356. The second kappa shape index (κ2) is 14.3. The predicted octanol–water partition coefficient (Wildman–Crippen LogP) is 7.26. The maximum Gasteiger partial charge on any atom is 0.339 e. The third-order valence-corrected chi connectivity index (χ3v) is 8.54. The minimum atomic E-state index is -1.19. The fourth-order valence-electron chi connectivity index (χ4n) is 6.21. The molecular formula is C40H34O8. The lowest BCUT2D eigenvalue weighted by Crippen LogP contribution is -2.64. The number of methoxy groups -OCH3 is 1. The number of fused-ring (bicyclic) bond motifs is 1. The summed E-state index contributed by atoms with van der Waals surface area (Å²) < 4.78 is 37.0. The second-order valence-corrected chi connectivity index (χ2v) is 11.5. The molecule has 0 amide bonds. The Hall–Kier alpha value is -5.12. The predicted molar refractivity (Wildman–Crippen MR) is 178 cm³/mol. The lowest BCUT2D eigenvalue weighted by atomic mass is 9.96. The van der Waals surface area contributed by atoms with E-state index < -0.39 is 48.9 Å². The van der Waals surface area contributed by atoms with Gasteiger partial charge in [0.15, 0.2) is 24.8 Å². The molecule has 0 N–H and O–H groups in total. The van der Waals surface area contributed by atoms with Crippen molar-refractivity contribution >= 4 is 11.9 Å². The Morgan fingerprint density at radius 3 is 1.60 bits per heavy atom.